The van der Waals surface area contributed by atoms with Crippen LogP contribution < -0.4 is 0 Å². The van der Waals surface area contributed by atoms with E-state index in [1.165, 1.54) is 6.92 Å². The van der Waals surface area contributed by atoms with E-state index in [2.05, 4.69) is 0 Å². The van der Waals surface area contributed by atoms with Crippen molar-refractivity contribution < 1.29 is 19.4 Å². The fraction of sp³-hybridized carbons (Fsp3) is 0.778. The number of esters is 1. The van der Waals surface area contributed by atoms with Gasteiger partial charge in [-0.1, -0.05) is 0 Å². The van der Waals surface area contributed by atoms with Crippen LogP contribution in [-0.4, -0.2) is 29.1 Å². The average molecular weight is 188 g/mol. The molecule has 0 aliphatic heterocycles. The highest BCUT2D eigenvalue weighted by molar-refractivity contribution is 5.97. The van der Waals surface area contributed by atoms with Crippen LogP contribution in [0.4, 0.5) is 0 Å². The van der Waals surface area contributed by atoms with E-state index in [-0.39, 0.29) is 5.78 Å². The first kappa shape index (κ1) is 12.1. The Kier molecular flexibility index (Phi) is 4.07. The molecule has 0 spiro atoms. The predicted molar refractivity (Wildman–Crippen MR) is 47.1 cm³/mol. The lowest BCUT2D eigenvalue weighted by Gasteiger charge is -2.21. The van der Waals surface area contributed by atoms with Crippen LogP contribution in [0.15, 0.2) is 0 Å². The van der Waals surface area contributed by atoms with Crippen molar-refractivity contribution in [3.63, 3.8) is 0 Å². The van der Waals surface area contributed by atoms with Gasteiger partial charge in [0.15, 0.2) is 0 Å². The zero-order valence-electron chi connectivity index (χ0n) is 8.46. The maximum Gasteiger partial charge on any atom is 0.319 e. The maximum atomic E-state index is 11.2. The maximum absolute atomic E-state index is 11.2. The Morgan fingerprint density at radius 1 is 1.38 bits per heavy atom. The Bertz CT molecular complexity index is 202. The third-order valence-corrected chi connectivity index (χ3v) is 1.36. The summed E-state index contributed by atoms with van der Waals surface area (Å²) in [4.78, 5) is 22.1. The monoisotopic (exact) mass is 188 g/mol. The Balaban J connectivity index is 4.32. The summed E-state index contributed by atoms with van der Waals surface area (Å²) in [7, 11) is 0. The van der Waals surface area contributed by atoms with Crippen LogP contribution in [0.2, 0.25) is 0 Å². The van der Waals surface area contributed by atoms with E-state index in [0.717, 1.165) is 0 Å². The standard InChI is InChI=1S/C9H16O4/c1-6(11)7(5-10)8(12)13-9(2,3)4/h7,10H,5H2,1-4H3. The third kappa shape index (κ3) is 4.62. The molecule has 0 rings (SSSR count). The van der Waals surface area contributed by atoms with Crippen LogP contribution >= 0.6 is 0 Å². The van der Waals surface area contributed by atoms with Crippen LogP contribution in [0, 0.1) is 5.92 Å². The average Bonchev–Trinajstić information content (AvgIpc) is 1.82. The van der Waals surface area contributed by atoms with E-state index in [1.54, 1.807) is 20.8 Å². The minimum Gasteiger partial charge on any atom is -0.459 e. The van der Waals surface area contributed by atoms with Gasteiger partial charge >= 0.3 is 5.97 Å². The fourth-order valence-electron chi connectivity index (χ4n) is 0.742. The lowest BCUT2D eigenvalue weighted by molar-refractivity contribution is -0.163. The third-order valence-electron chi connectivity index (χ3n) is 1.36. The second-order valence-electron chi connectivity index (χ2n) is 3.88. The number of Topliss-reactive ketones (excluding diaryl/α,β-unsaturated/α-hetero) is 1. The number of ether oxygens (including phenoxy) is 1. The first-order chi connectivity index (χ1) is 5.78. The van der Waals surface area contributed by atoms with Crippen LogP contribution in [0.3, 0.4) is 0 Å². The molecule has 0 fully saturated rings. The number of hydrogen-bond acceptors (Lipinski definition) is 4. The molecule has 0 aliphatic carbocycles. The van der Waals surface area contributed by atoms with E-state index in [0.29, 0.717) is 0 Å². The van der Waals surface area contributed by atoms with Gasteiger partial charge in [0.1, 0.15) is 17.3 Å². The lowest BCUT2D eigenvalue weighted by Crippen LogP contribution is -2.33. The zero-order valence-corrected chi connectivity index (χ0v) is 8.46. The summed E-state index contributed by atoms with van der Waals surface area (Å²) in [6.45, 7) is 5.88. The fourth-order valence-corrected chi connectivity index (χ4v) is 0.742. The molecule has 0 bridgehead atoms. The summed E-state index contributed by atoms with van der Waals surface area (Å²) in [5.41, 5.74) is -0.625. The van der Waals surface area contributed by atoms with Crippen LogP contribution in [-0.2, 0) is 14.3 Å². The van der Waals surface area contributed by atoms with Gasteiger partial charge in [0.2, 0.25) is 0 Å². The molecule has 0 saturated carbocycles. The van der Waals surface area contributed by atoms with Gasteiger partial charge in [0.25, 0.3) is 0 Å². The minimum absolute atomic E-state index is 0.378. The highest BCUT2D eigenvalue weighted by Gasteiger charge is 2.27. The molecule has 13 heavy (non-hydrogen) atoms. The predicted octanol–water partition coefficient (Wildman–Crippen LogP) is 0.526. The Morgan fingerprint density at radius 2 is 1.85 bits per heavy atom. The van der Waals surface area contributed by atoms with Gasteiger partial charge in [0, 0.05) is 0 Å². The Labute approximate surface area is 77.9 Å². The van der Waals surface area contributed by atoms with Crippen LogP contribution in [0.5, 0.6) is 0 Å². The van der Waals surface area contributed by atoms with Gasteiger partial charge in [-0.15, -0.1) is 0 Å². The summed E-state index contributed by atoms with van der Waals surface area (Å²) >= 11 is 0. The number of rotatable bonds is 3. The number of aliphatic hydroxyl groups excluding tert-OH is 1. The first-order valence-corrected chi connectivity index (χ1v) is 4.12. The molecule has 4 heteroatoms. The summed E-state index contributed by atoms with van der Waals surface area (Å²) in [5.74, 6) is -2.08. The van der Waals surface area contributed by atoms with Crippen molar-refractivity contribution in [1.29, 1.82) is 0 Å². The van der Waals surface area contributed by atoms with E-state index >= 15 is 0 Å². The van der Waals surface area contributed by atoms with Crippen molar-refractivity contribution in [3.8, 4) is 0 Å². The summed E-state index contributed by atoms with van der Waals surface area (Å²) < 4.78 is 4.93. The second-order valence-corrected chi connectivity index (χ2v) is 3.88. The van der Waals surface area contributed by atoms with Gasteiger partial charge in [0.05, 0.1) is 6.61 Å². The largest absolute Gasteiger partial charge is 0.459 e. The van der Waals surface area contributed by atoms with Crippen molar-refractivity contribution in [3.05, 3.63) is 0 Å². The normalized spacial score (nSPS) is 13.6. The summed E-state index contributed by atoms with van der Waals surface area (Å²) in [5, 5.41) is 8.74. The van der Waals surface area contributed by atoms with E-state index in [9.17, 15) is 9.59 Å². The van der Waals surface area contributed by atoms with Crippen LogP contribution in [0.1, 0.15) is 27.7 Å². The highest BCUT2D eigenvalue weighted by atomic mass is 16.6. The van der Waals surface area contributed by atoms with Crippen molar-refractivity contribution in [1.82, 2.24) is 0 Å². The number of aliphatic hydroxyl groups is 1. The van der Waals surface area contributed by atoms with Gasteiger partial charge in [-0.05, 0) is 27.7 Å². The molecule has 0 saturated heterocycles. The molecule has 0 amide bonds. The van der Waals surface area contributed by atoms with E-state index in [1.807, 2.05) is 0 Å². The summed E-state index contributed by atoms with van der Waals surface area (Å²) in [6.07, 6.45) is 0. The van der Waals surface area contributed by atoms with Gasteiger partial charge in [-0.2, -0.15) is 0 Å². The minimum atomic E-state index is -1.04. The molecule has 0 aromatic rings. The van der Waals surface area contributed by atoms with Crippen molar-refractivity contribution in [2.45, 2.75) is 33.3 Å². The van der Waals surface area contributed by atoms with Crippen molar-refractivity contribution in [2.75, 3.05) is 6.61 Å². The second kappa shape index (κ2) is 4.37. The molecule has 1 atom stereocenters. The molecule has 0 aromatic heterocycles. The van der Waals surface area contributed by atoms with Gasteiger partial charge < -0.3 is 9.84 Å². The molecule has 1 unspecified atom stereocenters. The quantitative estimate of drug-likeness (QED) is 0.518. The molecule has 0 aromatic carbocycles. The van der Waals surface area contributed by atoms with Crippen LogP contribution in [0.25, 0.3) is 0 Å². The Morgan fingerprint density at radius 3 is 2.08 bits per heavy atom. The molecule has 0 aliphatic rings. The summed E-state index contributed by atoms with van der Waals surface area (Å²) in [6, 6.07) is 0. The first-order valence-electron chi connectivity index (χ1n) is 4.12. The number of hydrogen-bond donors (Lipinski definition) is 1. The SMILES string of the molecule is CC(=O)C(CO)C(=O)OC(C)(C)C. The molecule has 4 nitrogen and oxygen atoms in total. The topological polar surface area (TPSA) is 63.6 Å². The molecule has 0 radical (unpaired) electrons. The number of carbonyl (C=O) groups is 2. The molecule has 0 heterocycles. The molecule has 76 valence electrons. The van der Waals surface area contributed by atoms with E-state index < -0.39 is 24.1 Å². The molecular weight excluding hydrogens is 172 g/mol. The lowest BCUT2D eigenvalue weighted by atomic mass is 10.1. The van der Waals surface area contributed by atoms with Crippen molar-refractivity contribution >= 4 is 11.8 Å². The number of ketones is 1. The molecular formula is C9H16O4. The Hall–Kier alpha value is -0.900. The van der Waals surface area contributed by atoms with E-state index in [4.69, 9.17) is 9.84 Å². The smallest absolute Gasteiger partial charge is 0.319 e. The van der Waals surface area contributed by atoms with Gasteiger partial charge in [-0.25, -0.2) is 0 Å². The van der Waals surface area contributed by atoms with Crippen molar-refractivity contribution in [2.24, 2.45) is 5.92 Å². The molecule has 1 N–H and O–H groups in total. The van der Waals surface area contributed by atoms with Gasteiger partial charge in [-0.3, -0.25) is 9.59 Å². The highest BCUT2D eigenvalue weighted by Crippen LogP contribution is 2.11. The zero-order chi connectivity index (χ0) is 10.6. The number of carbonyl (C=O) groups excluding carboxylic acids is 2.